The van der Waals surface area contributed by atoms with Crippen molar-refractivity contribution < 1.29 is 55.4 Å². The summed E-state index contributed by atoms with van der Waals surface area (Å²) < 4.78 is 60.8. The number of imide groups is 1. The van der Waals surface area contributed by atoms with E-state index in [1.54, 1.807) is 0 Å². The van der Waals surface area contributed by atoms with Gasteiger partial charge in [0.05, 0.1) is 29.4 Å². The molecule has 2 N–H and O–H groups in total. The summed E-state index contributed by atoms with van der Waals surface area (Å²) >= 11 is 0. The minimum absolute atomic E-state index is 0.0192. The fourth-order valence-corrected chi connectivity index (χ4v) is 8.61. The van der Waals surface area contributed by atoms with Crippen molar-refractivity contribution in [3.8, 4) is 0 Å². The minimum Gasteiger partial charge on any atom is -0.370 e. The Labute approximate surface area is 208 Å². The van der Waals surface area contributed by atoms with Gasteiger partial charge in [-0.2, -0.15) is 0 Å². The van der Waals surface area contributed by atoms with E-state index in [9.17, 15) is 50.6 Å². The number of hydroxylamine groups is 2. The first-order valence-corrected chi connectivity index (χ1v) is 16.7. The van der Waals surface area contributed by atoms with Gasteiger partial charge in [-0.1, -0.05) is 0 Å². The molecule has 0 saturated carbocycles. The monoisotopic (exact) mass is 572 g/mol. The third-order valence-electron chi connectivity index (χ3n) is 5.41. The van der Waals surface area contributed by atoms with Crippen LogP contribution in [-0.4, -0.2) is 109 Å². The zero-order chi connectivity index (χ0) is 27.1. The number of aliphatic hydroxyl groups is 1. The Morgan fingerprint density at radius 1 is 0.972 bits per heavy atom. The first kappa shape index (κ1) is 30.1. The van der Waals surface area contributed by atoms with Crippen molar-refractivity contribution in [3.63, 3.8) is 0 Å². The van der Waals surface area contributed by atoms with E-state index >= 15 is 0 Å². The number of hydrogen-bond donors (Lipinski definition) is 2. The Morgan fingerprint density at radius 3 is 2.08 bits per heavy atom. The molecular formula is C19H29N2O12PS2. The maximum Gasteiger partial charge on any atom is 0.333 e. The molecule has 1 saturated heterocycles. The highest BCUT2D eigenvalue weighted by Gasteiger charge is 2.33. The van der Waals surface area contributed by atoms with Crippen LogP contribution < -0.4 is 0 Å². The van der Waals surface area contributed by atoms with Crippen molar-refractivity contribution in [1.82, 2.24) is 9.96 Å². The van der Waals surface area contributed by atoms with Crippen LogP contribution in [0.25, 0.3) is 0 Å². The number of carbonyl (C=O) groups is 4. The Balaban J connectivity index is 1.68. The zero-order valence-electron chi connectivity index (χ0n) is 19.4. The second-order valence-electron chi connectivity index (χ2n) is 8.42. The van der Waals surface area contributed by atoms with Gasteiger partial charge in [0.1, 0.15) is 0 Å². The van der Waals surface area contributed by atoms with Gasteiger partial charge in [-0.05, 0) is 12.8 Å². The van der Waals surface area contributed by atoms with E-state index in [2.05, 4.69) is 4.84 Å². The summed E-state index contributed by atoms with van der Waals surface area (Å²) in [7, 11) is -11.6. The molecule has 0 aromatic rings. The van der Waals surface area contributed by atoms with Gasteiger partial charge in [-0.3, -0.25) is 23.8 Å². The average Bonchev–Trinajstić information content (AvgIpc) is 3.26. The lowest BCUT2D eigenvalue weighted by molar-refractivity contribution is -0.220. The van der Waals surface area contributed by atoms with Crippen LogP contribution in [0.1, 0.15) is 32.1 Å². The molecule has 3 amide bonds. The smallest absolute Gasteiger partial charge is 0.333 e. The quantitative estimate of drug-likeness (QED) is 0.171. The topological polar surface area (TPSA) is 210 Å². The molecule has 2 rings (SSSR count). The van der Waals surface area contributed by atoms with Crippen LogP contribution in [0, 0.1) is 0 Å². The highest BCUT2D eigenvalue weighted by molar-refractivity contribution is 7.95. The molecule has 0 spiro atoms. The molecule has 2 aliphatic rings. The number of hydrogen-bond acceptors (Lipinski definition) is 11. The summed E-state index contributed by atoms with van der Waals surface area (Å²) in [5.74, 6) is -5.44. The summed E-state index contributed by atoms with van der Waals surface area (Å²) in [6, 6.07) is 0. The van der Waals surface area contributed by atoms with Gasteiger partial charge in [0.15, 0.2) is 25.9 Å². The molecule has 14 nitrogen and oxygen atoms in total. The van der Waals surface area contributed by atoms with Crippen molar-refractivity contribution in [2.75, 3.05) is 41.9 Å². The Bertz CT molecular complexity index is 1150. The first-order valence-electron chi connectivity index (χ1n) is 11.1. The molecule has 0 aromatic heterocycles. The van der Waals surface area contributed by atoms with Gasteiger partial charge in [-0.25, -0.2) is 21.6 Å². The number of nitrogens with zero attached hydrogens (tertiary/aromatic N) is 2. The average molecular weight is 573 g/mol. The number of sulfone groups is 2. The van der Waals surface area contributed by atoms with Crippen LogP contribution in [0.3, 0.4) is 0 Å². The molecule has 204 valence electrons. The van der Waals surface area contributed by atoms with E-state index in [4.69, 9.17) is 0 Å². The minimum atomic E-state index is -3.97. The standard InChI is InChI=1S/C19H29N2O12PS2/c22-15-3-4-16(23)20(15)8-1-9-34(27,28)10-2-11-35(29,30)13-14-36(31,32)12-7-19(26)33-21-17(24)5-6-18(21)25/h3-4,17,24H,1-2,5-14H2,(H,27,28). The van der Waals surface area contributed by atoms with Crippen LogP contribution in [0.5, 0.6) is 0 Å². The predicted octanol–water partition coefficient (Wildman–Crippen LogP) is -1.42. The van der Waals surface area contributed by atoms with Crippen LogP contribution >= 0.6 is 7.37 Å². The molecule has 2 atom stereocenters. The number of rotatable bonds is 15. The van der Waals surface area contributed by atoms with Crippen LogP contribution in [0.4, 0.5) is 0 Å². The van der Waals surface area contributed by atoms with Crippen molar-refractivity contribution in [3.05, 3.63) is 12.2 Å². The Kier molecular flexibility index (Phi) is 10.4. The van der Waals surface area contributed by atoms with Crippen molar-refractivity contribution >= 4 is 50.7 Å². The van der Waals surface area contributed by atoms with Gasteiger partial charge >= 0.3 is 5.97 Å². The van der Waals surface area contributed by atoms with E-state index in [0.717, 1.165) is 17.1 Å². The van der Waals surface area contributed by atoms with Gasteiger partial charge in [0, 0.05) is 43.9 Å². The Morgan fingerprint density at radius 2 is 1.53 bits per heavy atom. The molecule has 2 unspecified atom stereocenters. The largest absolute Gasteiger partial charge is 0.370 e. The van der Waals surface area contributed by atoms with Crippen molar-refractivity contribution in [2.45, 2.75) is 38.3 Å². The van der Waals surface area contributed by atoms with Gasteiger partial charge < -0.3 is 14.8 Å². The summed E-state index contributed by atoms with van der Waals surface area (Å²) in [6.07, 6.45) is -0.338. The lowest BCUT2D eigenvalue weighted by Crippen LogP contribution is -2.35. The van der Waals surface area contributed by atoms with E-state index in [1.165, 1.54) is 0 Å². The number of amides is 3. The van der Waals surface area contributed by atoms with Crippen LogP contribution in [0.2, 0.25) is 0 Å². The maximum absolute atomic E-state index is 12.2. The SMILES string of the molecule is O=C(CCS(=O)(=O)CCS(=O)(=O)CCCP(=O)(O)CCCN1C(=O)C=CC1=O)ON1C(=O)CCC1O. The van der Waals surface area contributed by atoms with Crippen molar-refractivity contribution in [1.29, 1.82) is 0 Å². The zero-order valence-corrected chi connectivity index (χ0v) is 21.9. The third kappa shape index (κ3) is 9.73. The maximum atomic E-state index is 12.2. The molecule has 0 radical (unpaired) electrons. The van der Waals surface area contributed by atoms with Crippen LogP contribution in [-0.2, 0) is 48.3 Å². The van der Waals surface area contributed by atoms with Gasteiger partial charge in [-0.15, -0.1) is 5.06 Å². The summed E-state index contributed by atoms with van der Waals surface area (Å²) in [6.45, 7) is -0.0339. The fraction of sp³-hybridized carbons (Fsp3) is 0.684. The lowest BCUT2D eigenvalue weighted by Gasteiger charge is -2.18. The molecule has 36 heavy (non-hydrogen) atoms. The predicted molar refractivity (Wildman–Crippen MR) is 125 cm³/mol. The fourth-order valence-electron chi connectivity index (χ4n) is 3.38. The highest BCUT2D eigenvalue weighted by Crippen LogP contribution is 2.41. The summed E-state index contributed by atoms with van der Waals surface area (Å²) in [5.41, 5.74) is 0. The molecule has 0 aromatic carbocycles. The first-order chi connectivity index (χ1) is 16.6. The highest BCUT2D eigenvalue weighted by atomic mass is 32.2. The van der Waals surface area contributed by atoms with E-state index < -0.39 is 86.4 Å². The second kappa shape index (κ2) is 12.4. The van der Waals surface area contributed by atoms with Crippen molar-refractivity contribution in [2.24, 2.45) is 0 Å². The van der Waals surface area contributed by atoms with Gasteiger partial charge in [0.25, 0.3) is 17.7 Å². The molecule has 17 heteroatoms. The van der Waals surface area contributed by atoms with Crippen LogP contribution in [0.15, 0.2) is 12.2 Å². The summed E-state index contributed by atoms with van der Waals surface area (Å²) in [5, 5.41) is 9.99. The Hall–Kier alpha value is -2.13. The molecule has 2 aliphatic heterocycles. The second-order valence-corrected chi connectivity index (χ2v) is 15.6. The summed E-state index contributed by atoms with van der Waals surface area (Å²) in [4.78, 5) is 61.7. The van der Waals surface area contributed by atoms with E-state index in [1.807, 2.05) is 0 Å². The molecule has 1 fully saturated rings. The molecule has 0 bridgehead atoms. The third-order valence-corrected chi connectivity index (χ3v) is 11.1. The normalized spacial score (nSPS) is 20.3. The lowest BCUT2D eigenvalue weighted by atomic mass is 10.4. The molecule has 0 aliphatic carbocycles. The number of carbonyl (C=O) groups excluding carboxylic acids is 4. The van der Waals surface area contributed by atoms with E-state index in [0.29, 0.717) is 5.06 Å². The molecule has 2 heterocycles. The number of aliphatic hydroxyl groups excluding tert-OH is 1. The van der Waals surface area contributed by atoms with Gasteiger partial charge in [0.2, 0.25) is 7.37 Å². The van der Waals surface area contributed by atoms with E-state index in [-0.39, 0.29) is 44.6 Å². The molecular weight excluding hydrogens is 543 g/mol.